The van der Waals surface area contributed by atoms with Crippen molar-refractivity contribution < 1.29 is 14.1 Å². The Morgan fingerprint density at radius 3 is 2.36 bits per heavy atom. The van der Waals surface area contributed by atoms with Crippen LogP contribution in [0.2, 0.25) is 0 Å². The number of aromatic nitrogens is 2. The molecule has 1 aliphatic rings. The van der Waals surface area contributed by atoms with Crippen LogP contribution in [-0.2, 0) is 21.5 Å². The lowest BCUT2D eigenvalue weighted by Crippen LogP contribution is -2.43. The molecule has 1 saturated carbocycles. The Kier molecular flexibility index (Phi) is 5.62. The second kappa shape index (κ2) is 7.06. The fourth-order valence-electron chi connectivity index (χ4n) is 3.38. The van der Waals surface area contributed by atoms with E-state index in [1.54, 1.807) is 0 Å². The van der Waals surface area contributed by atoms with Crippen molar-refractivity contribution in [2.24, 2.45) is 17.1 Å². The van der Waals surface area contributed by atoms with Crippen LogP contribution in [0, 0.1) is 11.3 Å². The van der Waals surface area contributed by atoms with Crippen molar-refractivity contribution >= 4 is 5.97 Å². The van der Waals surface area contributed by atoms with Crippen LogP contribution >= 0.6 is 0 Å². The molecule has 2 N–H and O–H groups in total. The van der Waals surface area contributed by atoms with Crippen molar-refractivity contribution in [2.45, 2.75) is 91.2 Å². The molecule has 6 heteroatoms. The van der Waals surface area contributed by atoms with Gasteiger partial charge in [-0.05, 0) is 57.8 Å². The minimum Gasteiger partial charge on any atom is -0.460 e. The monoisotopic (exact) mass is 351 g/mol. The first kappa shape index (κ1) is 19.9. The van der Waals surface area contributed by atoms with Gasteiger partial charge in [0, 0.05) is 6.42 Å². The Labute approximate surface area is 150 Å². The molecule has 1 heterocycles. The van der Waals surface area contributed by atoms with E-state index in [4.69, 9.17) is 15.0 Å². The van der Waals surface area contributed by atoms with E-state index in [0.717, 1.165) is 25.7 Å². The highest BCUT2D eigenvalue weighted by Crippen LogP contribution is 2.43. The molecule has 1 aliphatic carbocycles. The quantitative estimate of drug-likeness (QED) is 0.831. The van der Waals surface area contributed by atoms with Crippen LogP contribution in [-0.4, -0.2) is 21.7 Å². The molecule has 0 aromatic carbocycles. The highest BCUT2D eigenvalue weighted by molar-refractivity contribution is 5.70. The van der Waals surface area contributed by atoms with E-state index in [0.29, 0.717) is 29.5 Å². The summed E-state index contributed by atoms with van der Waals surface area (Å²) >= 11 is 0. The fraction of sp³-hybridized carbons (Fsp3) is 0.842. The van der Waals surface area contributed by atoms with Crippen molar-refractivity contribution in [2.75, 3.05) is 0 Å². The van der Waals surface area contributed by atoms with Crippen LogP contribution in [0.5, 0.6) is 0 Å². The molecule has 25 heavy (non-hydrogen) atoms. The first-order chi connectivity index (χ1) is 11.4. The zero-order chi connectivity index (χ0) is 18.9. The van der Waals surface area contributed by atoms with E-state index in [-0.39, 0.29) is 12.4 Å². The third-order valence-corrected chi connectivity index (χ3v) is 4.98. The van der Waals surface area contributed by atoms with Gasteiger partial charge in [0.2, 0.25) is 5.89 Å². The molecule has 1 fully saturated rings. The smallest absolute Gasteiger partial charge is 0.306 e. The molecule has 0 amide bonds. The standard InChI is InChI=1S/C19H33N3O3/c1-17(2,3)13-9-11-19(20,12-10-13)16-21-14(25-22-16)7-8-15(23)24-18(4,5)6/h13H,7-12,20H2,1-6H3. The molecule has 6 nitrogen and oxygen atoms in total. The number of ether oxygens (including phenoxy) is 1. The summed E-state index contributed by atoms with van der Waals surface area (Å²) in [5.41, 5.74) is 5.86. The molecule has 2 rings (SSSR count). The van der Waals surface area contributed by atoms with Gasteiger partial charge >= 0.3 is 5.97 Å². The summed E-state index contributed by atoms with van der Waals surface area (Å²) in [6.07, 6.45) is 4.47. The number of carbonyl (C=O) groups is 1. The van der Waals surface area contributed by atoms with Crippen LogP contribution in [0.15, 0.2) is 4.52 Å². The van der Waals surface area contributed by atoms with Crippen LogP contribution in [0.25, 0.3) is 0 Å². The maximum absolute atomic E-state index is 11.8. The van der Waals surface area contributed by atoms with Gasteiger partial charge in [0.1, 0.15) is 5.60 Å². The van der Waals surface area contributed by atoms with Gasteiger partial charge in [0.25, 0.3) is 0 Å². The van der Waals surface area contributed by atoms with E-state index >= 15 is 0 Å². The fourth-order valence-corrected chi connectivity index (χ4v) is 3.38. The zero-order valence-corrected chi connectivity index (χ0v) is 16.5. The Bertz CT molecular complexity index is 588. The molecular formula is C19H33N3O3. The Balaban J connectivity index is 1.92. The summed E-state index contributed by atoms with van der Waals surface area (Å²) in [4.78, 5) is 16.2. The summed E-state index contributed by atoms with van der Waals surface area (Å²) in [7, 11) is 0. The van der Waals surface area contributed by atoms with E-state index in [2.05, 4.69) is 30.9 Å². The Morgan fingerprint density at radius 2 is 1.84 bits per heavy atom. The molecule has 1 aromatic rings. The summed E-state index contributed by atoms with van der Waals surface area (Å²) in [5, 5.41) is 4.09. The number of carbonyl (C=O) groups excluding carboxylic acids is 1. The van der Waals surface area contributed by atoms with Gasteiger partial charge in [0.05, 0.1) is 12.0 Å². The molecule has 142 valence electrons. The third kappa shape index (κ3) is 5.53. The third-order valence-electron chi connectivity index (χ3n) is 4.98. The van der Waals surface area contributed by atoms with Gasteiger partial charge < -0.3 is 15.0 Å². The van der Waals surface area contributed by atoms with Gasteiger partial charge in [0.15, 0.2) is 5.82 Å². The maximum atomic E-state index is 11.8. The summed E-state index contributed by atoms with van der Waals surface area (Å²) < 4.78 is 10.6. The van der Waals surface area contributed by atoms with Crippen molar-refractivity contribution in [1.82, 2.24) is 10.1 Å². The molecule has 0 spiro atoms. The zero-order valence-electron chi connectivity index (χ0n) is 16.5. The Hall–Kier alpha value is -1.43. The number of nitrogens with zero attached hydrogens (tertiary/aromatic N) is 2. The molecular weight excluding hydrogens is 318 g/mol. The van der Waals surface area contributed by atoms with E-state index in [9.17, 15) is 4.79 Å². The highest BCUT2D eigenvalue weighted by Gasteiger charge is 2.40. The van der Waals surface area contributed by atoms with Gasteiger partial charge in [-0.3, -0.25) is 4.79 Å². The summed E-state index contributed by atoms with van der Waals surface area (Å²) in [6, 6.07) is 0. The molecule has 0 aliphatic heterocycles. The predicted molar refractivity (Wildman–Crippen MR) is 95.7 cm³/mol. The molecule has 0 unspecified atom stereocenters. The number of rotatable bonds is 4. The molecule has 0 bridgehead atoms. The second-order valence-electron chi connectivity index (χ2n) is 9.39. The minimum absolute atomic E-state index is 0.225. The number of aryl methyl sites for hydroxylation is 1. The molecule has 0 saturated heterocycles. The van der Waals surface area contributed by atoms with Crippen molar-refractivity contribution in [3.8, 4) is 0 Å². The topological polar surface area (TPSA) is 91.2 Å². The lowest BCUT2D eigenvalue weighted by atomic mass is 9.67. The molecule has 0 radical (unpaired) electrons. The average molecular weight is 351 g/mol. The van der Waals surface area contributed by atoms with Gasteiger partial charge in [-0.2, -0.15) is 4.98 Å². The lowest BCUT2D eigenvalue weighted by molar-refractivity contribution is -0.154. The Morgan fingerprint density at radius 1 is 1.24 bits per heavy atom. The van der Waals surface area contributed by atoms with Crippen LogP contribution in [0.4, 0.5) is 0 Å². The first-order valence-corrected chi connectivity index (χ1v) is 9.23. The number of hydrogen-bond donors (Lipinski definition) is 1. The van der Waals surface area contributed by atoms with Crippen LogP contribution in [0.1, 0.15) is 85.4 Å². The molecule has 1 aromatic heterocycles. The van der Waals surface area contributed by atoms with E-state index in [1.807, 2.05) is 20.8 Å². The van der Waals surface area contributed by atoms with Crippen molar-refractivity contribution in [3.05, 3.63) is 11.7 Å². The summed E-state index contributed by atoms with van der Waals surface area (Å²) in [5.74, 6) is 1.42. The van der Waals surface area contributed by atoms with Gasteiger partial charge in [-0.15, -0.1) is 0 Å². The van der Waals surface area contributed by atoms with Crippen molar-refractivity contribution in [1.29, 1.82) is 0 Å². The average Bonchev–Trinajstić information content (AvgIpc) is 2.92. The normalized spacial score (nSPS) is 25.0. The van der Waals surface area contributed by atoms with E-state index < -0.39 is 11.1 Å². The number of nitrogens with two attached hydrogens (primary N) is 1. The van der Waals surface area contributed by atoms with Crippen LogP contribution in [0.3, 0.4) is 0 Å². The molecule has 0 atom stereocenters. The number of esters is 1. The second-order valence-corrected chi connectivity index (χ2v) is 9.39. The summed E-state index contributed by atoms with van der Waals surface area (Å²) in [6.45, 7) is 12.4. The van der Waals surface area contributed by atoms with Crippen molar-refractivity contribution in [3.63, 3.8) is 0 Å². The predicted octanol–water partition coefficient (Wildman–Crippen LogP) is 3.73. The first-order valence-electron chi connectivity index (χ1n) is 9.23. The van der Waals surface area contributed by atoms with Crippen LogP contribution < -0.4 is 5.73 Å². The lowest BCUT2D eigenvalue weighted by Gasteiger charge is -2.40. The SMILES string of the molecule is CC(C)(C)OC(=O)CCc1nc(C2(N)CCC(C(C)(C)C)CC2)no1. The van der Waals surface area contributed by atoms with Gasteiger partial charge in [-0.25, -0.2) is 0 Å². The number of hydrogen-bond acceptors (Lipinski definition) is 6. The maximum Gasteiger partial charge on any atom is 0.306 e. The minimum atomic E-state index is -0.518. The largest absolute Gasteiger partial charge is 0.460 e. The van der Waals surface area contributed by atoms with Gasteiger partial charge in [-0.1, -0.05) is 25.9 Å². The van der Waals surface area contributed by atoms with E-state index in [1.165, 1.54) is 0 Å². The highest BCUT2D eigenvalue weighted by atomic mass is 16.6.